The highest BCUT2D eigenvalue weighted by Crippen LogP contribution is 2.34. The van der Waals surface area contributed by atoms with E-state index in [1.165, 1.54) is 0 Å². The Kier molecular flexibility index (Phi) is 5.23. The van der Waals surface area contributed by atoms with Crippen molar-refractivity contribution in [1.82, 2.24) is 14.1 Å². The highest BCUT2D eigenvalue weighted by molar-refractivity contribution is 7.89. The van der Waals surface area contributed by atoms with Gasteiger partial charge in [-0.05, 0) is 39.5 Å². The third kappa shape index (κ3) is 3.46. The Balaban J connectivity index is 2.41. The second kappa shape index (κ2) is 6.53. The molecule has 1 aromatic heterocycles. The van der Waals surface area contributed by atoms with E-state index >= 15 is 0 Å². The highest BCUT2D eigenvalue weighted by Gasteiger charge is 2.39. The summed E-state index contributed by atoms with van der Waals surface area (Å²) in [7, 11) is -3.53. The fourth-order valence-electron chi connectivity index (χ4n) is 3.06. The number of hydrogen-bond donors (Lipinski definition) is 1. The number of aryl methyl sites for hydroxylation is 1. The number of sulfonamides is 1. The van der Waals surface area contributed by atoms with Gasteiger partial charge in [0.05, 0.1) is 23.5 Å². The molecule has 0 unspecified atom stereocenters. The fourth-order valence-corrected chi connectivity index (χ4v) is 5.13. The van der Waals surface area contributed by atoms with E-state index in [4.69, 9.17) is 0 Å². The quantitative estimate of drug-likeness (QED) is 0.785. The maximum absolute atomic E-state index is 13.0. The molecule has 132 valence electrons. The third-order valence-corrected chi connectivity index (χ3v) is 7.19. The molecule has 0 saturated heterocycles. The predicted octanol–water partition coefficient (Wildman–Crippen LogP) is 2.22. The first-order valence-corrected chi connectivity index (χ1v) is 9.92. The van der Waals surface area contributed by atoms with Crippen LogP contribution in [0, 0.1) is 13.8 Å². The molecule has 0 aliphatic heterocycles. The van der Waals surface area contributed by atoms with Crippen molar-refractivity contribution >= 4 is 10.0 Å². The first-order valence-electron chi connectivity index (χ1n) is 8.48. The Morgan fingerprint density at radius 1 is 1.26 bits per heavy atom. The van der Waals surface area contributed by atoms with Crippen LogP contribution in [0.15, 0.2) is 4.90 Å². The summed E-state index contributed by atoms with van der Waals surface area (Å²) >= 11 is 0. The number of rotatable bonds is 8. The molecule has 1 aliphatic carbocycles. The van der Waals surface area contributed by atoms with Crippen LogP contribution in [0.5, 0.6) is 0 Å². The SMILES string of the molecule is CCN(C1CC1)S(=O)(=O)c1c(C)nn(CC(O)(CC)CC)c1C. The molecular weight excluding hydrogens is 314 g/mol. The Morgan fingerprint density at radius 2 is 1.83 bits per heavy atom. The van der Waals surface area contributed by atoms with Crippen molar-refractivity contribution in [3.63, 3.8) is 0 Å². The van der Waals surface area contributed by atoms with Gasteiger partial charge in [-0.15, -0.1) is 0 Å². The molecule has 2 rings (SSSR count). The van der Waals surface area contributed by atoms with Crippen LogP contribution in [-0.2, 0) is 16.6 Å². The van der Waals surface area contributed by atoms with Gasteiger partial charge in [0.1, 0.15) is 4.90 Å². The molecule has 1 aromatic rings. The smallest absolute Gasteiger partial charge is 0.246 e. The van der Waals surface area contributed by atoms with Crippen LogP contribution in [0.2, 0.25) is 0 Å². The monoisotopic (exact) mass is 343 g/mol. The van der Waals surface area contributed by atoms with E-state index in [0.717, 1.165) is 12.8 Å². The van der Waals surface area contributed by atoms with Gasteiger partial charge in [0.25, 0.3) is 0 Å². The van der Waals surface area contributed by atoms with Gasteiger partial charge in [-0.25, -0.2) is 8.42 Å². The van der Waals surface area contributed by atoms with Gasteiger partial charge in [0.15, 0.2) is 0 Å². The zero-order valence-electron chi connectivity index (χ0n) is 14.8. The largest absolute Gasteiger partial charge is 0.388 e. The van der Waals surface area contributed by atoms with Gasteiger partial charge < -0.3 is 5.11 Å². The number of nitrogens with zero attached hydrogens (tertiary/aromatic N) is 3. The van der Waals surface area contributed by atoms with E-state index < -0.39 is 15.6 Å². The highest BCUT2D eigenvalue weighted by atomic mass is 32.2. The average Bonchev–Trinajstić information content (AvgIpc) is 3.26. The van der Waals surface area contributed by atoms with E-state index in [1.807, 2.05) is 20.8 Å². The minimum atomic E-state index is -3.53. The standard InChI is InChI=1S/C16H29N3O3S/c1-6-16(20,7-2)11-18-13(5)15(12(4)17-18)23(21,22)19(8-3)14-9-10-14/h14,20H,6-11H2,1-5H3. The molecule has 7 heteroatoms. The lowest BCUT2D eigenvalue weighted by atomic mass is 9.98. The van der Waals surface area contributed by atoms with Gasteiger partial charge in [-0.1, -0.05) is 20.8 Å². The van der Waals surface area contributed by atoms with Crippen molar-refractivity contribution in [2.24, 2.45) is 0 Å². The summed E-state index contributed by atoms with van der Waals surface area (Å²) in [6.45, 7) is 10.0. The molecule has 1 saturated carbocycles. The Bertz CT molecular complexity index is 658. The molecule has 1 aliphatic rings. The Morgan fingerprint density at radius 3 is 2.26 bits per heavy atom. The molecule has 1 fully saturated rings. The second-order valence-electron chi connectivity index (χ2n) is 6.53. The first kappa shape index (κ1) is 18.4. The van der Waals surface area contributed by atoms with Crippen molar-refractivity contribution in [1.29, 1.82) is 0 Å². The van der Waals surface area contributed by atoms with Gasteiger partial charge >= 0.3 is 0 Å². The van der Waals surface area contributed by atoms with Crippen molar-refractivity contribution in [2.75, 3.05) is 6.54 Å². The summed E-state index contributed by atoms with van der Waals surface area (Å²) in [6.07, 6.45) is 3.08. The van der Waals surface area contributed by atoms with Crippen LogP contribution < -0.4 is 0 Å². The average molecular weight is 343 g/mol. The molecule has 23 heavy (non-hydrogen) atoms. The fraction of sp³-hybridized carbons (Fsp3) is 0.812. The predicted molar refractivity (Wildman–Crippen MR) is 89.8 cm³/mol. The molecule has 1 N–H and O–H groups in total. The lowest BCUT2D eigenvalue weighted by Gasteiger charge is -2.25. The Labute approximate surface area is 139 Å². The summed E-state index contributed by atoms with van der Waals surface area (Å²) in [5.74, 6) is 0. The van der Waals surface area contributed by atoms with Crippen LogP contribution in [-0.4, -0.2) is 45.8 Å². The van der Waals surface area contributed by atoms with Crippen LogP contribution in [0.4, 0.5) is 0 Å². The summed E-state index contributed by atoms with van der Waals surface area (Å²) in [6, 6.07) is 0.135. The summed E-state index contributed by atoms with van der Waals surface area (Å²) in [5, 5.41) is 14.9. The number of aliphatic hydroxyl groups is 1. The first-order chi connectivity index (χ1) is 10.7. The molecule has 0 spiro atoms. The molecule has 0 radical (unpaired) electrons. The van der Waals surface area contributed by atoms with Crippen molar-refractivity contribution < 1.29 is 13.5 Å². The summed E-state index contributed by atoms with van der Waals surface area (Å²) in [4.78, 5) is 0.306. The lowest BCUT2D eigenvalue weighted by molar-refractivity contribution is 0.0112. The van der Waals surface area contributed by atoms with E-state index in [1.54, 1.807) is 22.8 Å². The minimum Gasteiger partial charge on any atom is -0.388 e. The zero-order valence-corrected chi connectivity index (χ0v) is 15.7. The van der Waals surface area contributed by atoms with E-state index in [2.05, 4.69) is 5.10 Å². The topological polar surface area (TPSA) is 75.4 Å². The normalized spacial score (nSPS) is 16.3. The number of hydrogen-bond acceptors (Lipinski definition) is 4. The molecule has 1 heterocycles. The van der Waals surface area contributed by atoms with Crippen LogP contribution in [0.1, 0.15) is 57.8 Å². The number of aromatic nitrogens is 2. The lowest BCUT2D eigenvalue weighted by Crippen LogP contribution is -2.34. The van der Waals surface area contributed by atoms with Crippen molar-refractivity contribution in [3.05, 3.63) is 11.4 Å². The second-order valence-corrected chi connectivity index (χ2v) is 8.36. The maximum Gasteiger partial charge on any atom is 0.246 e. The molecule has 0 bridgehead atoms. The van der Waals surface area contributed by atoms with Gasteiger partial charge in [0.2, 0.25) is 10.0 Å². The molecule has 0 amide bonds. The Hall–Kier alpha value is -0.920. The van der Waals surface area contributed by atoms with E-state index in [-0.39, 0.29) is 6.04 Å². The van der Waals surface area contributed by atoms with Gasteiger partial charge in [0, 0.05) is 12.6 Å². The zero-order chi connectivity index (χ0) is 17.4. The summed E-state index contributed by atoms with van der Waals surface area (Å²) < 4.78 is 29.3. The van der Waals surface area contributed by atoms with Crippen molar-refractivity contribution in [3.8, 4) is 0 Å². The third-order valence-electron chi connectivity index (χ3n) is 4.91. The van der Waals surface area contributed by atoms with Crippen LogP contribution in [0.3, 0.4) is 0 Å². The summed E-state index contributed by atoms with van der Waals surface area (Å²) in [5.41, 5.74) is 0.267. The van der Waals surface area contributed by atoms with E-state index in [0.29, 0.717) is 42.2 Å². The molecule has 0 atom stereocenters. The van der Waals surface area contributed by atoms with Crippen LogP contribution >= 0.6 is 0 Å². The van der Waals surface area contributed by atoms with Gasteiger partial charge in [-0.3, -0.25) is 4.68 Å². The maximum atomic E-state index is 13.0. The van der Waals surface area contributed by atoms with Crippen LogP contribution in [0.25, 0.3) is 0 Å². The molecule has 6 nitrogen and oxygen atoms in total. The molecular formula is C16H29N3O3S. The molecule has 0 aromatic carbocycles. The van der Waals surface area contributed by atoms with Crippen molar-refractivity contribution in [2.45, 2.75) is 83.4 Å². The van der Waals surface area contributed by atoms with Gasteiger partial charge in [-0.2, -0.15) is 9.40 Å². The minimum absolute atomic E-state index is 0.135. The van der Waals surface area contributed by atoms with E-state index in [9.17, 15) is 13.5 Å².